The van der Waals surface area contributed by atoms with Crippen LogP contribution in [0.1, 0.15) is 17.2 Å². The molecular weight excluding hydrogens is 278 g/mol. The van der Waals surface area contributed by atoms with Crippen molar-refractivity contribution in [3.63, 3.8) is 0 Å². The smallest absolute Gasteiger partial charge is 0.325 e. The highest BCUT2D eigenvalue weighted by atomic mass is 35.5. The molecule has 1 atom stereocenters. The van der Waals surface area contributed by atoms with Crippen molar-refractivity contribution in [1.29, 1.82) is 0 Å². The number of benzene rings is 2. The molecule has 0 saturated carbocycles. The van der Waals surface area contributed by atoms with E-state index < -0.39 is 12.0 Å². The number of aliphatic carboxylic acids is 1. The quantitative estimate of drug-likeness (QED) is 0.792. The molecule has 0 radical (unpaired) electrons. The molecule has 0 amide bonds. The van der Waals surface area contributed by atoms with Gasteiger partial charge in [-0.15, -0.1) is 0 Å². The Morgan fingerprint density at radius 1 is 1.10 bits per heavy atom. The molecular formula is C15H14ClNO3. The number of phenolic OH excluding ortho intramolecular Hbond substituents is 1. The molecule has 0 aliphatic carbocycles. The third kappa shape index (κ3) is 3.73. The Balaban J connectivity index is 2.08. The molecule has 2 aromatic carbocycles. The zero-order valence-corrected chi connectivity index (χ0v) is 11.3. The largest absolute Gasteiger partial charge is 0.508 e. The lowest BCUT2D eigenvalue weighted by Crippen LogP contribution is -2.28. The summed E-state index contributed by atoms with van der Waals surface area (Å²) in [6.45, 7) is 0.412. The minimum Gasteiger partial charge on any atom is -0.508 e. The summed E-state index contributed by atoms with van der Waals surface area (Å²) in [7, 11) is 0. The maximum atomic E-state index is 11.3. The monoisotopic (exact) mass is 291 g/mol. The van der Waals surface area contributed by atoms with Crippen LogP contribution >= 0.6 is 11.6 Å². The van der Waals surface area contributed by atoms with Crippen LogP contribution in [0.2, 0.25) is 5.02 Å². The Bertz CT molecular complexity index is 581. The topological polar surface area (TPSA) is 69.6 Å². The number of hydrogen-bond donors (Lipinski definition) is 3. The van der Waals surface area contributed by atoms with Crippen molar-refractivity contribution in [1.82, 2.24) is 5.32 Å². The zero-order chi connectivity index (χ0) is 14.5. The van der Waals surface area contributed by atoms with E-state index in [1.807, 2.05) is 12.1 Å². The maximum absolute atomic E-state index is 11.3. The van der Waals surface area contributed by atoms with Gasteiger partial charge in [0, 0.05) is 11.6 Å². The Labute approximate surface area is 121 Å². The summed E-state index contributed by atoms with van der Waals surface area (Å²) in [6.07, 6.45) is 0. The standard InChI is InChI=1S/C15H14ClNO3/c16-12-5-1-10(2-6-12)9-17-14(15(19)20)11-3-7-13(18)8-4-11/h1-8,14,17-18H,9H2,(H,19,20). The lowest BCUT2D eigenvalue weighted by atomic mass is 10.1. The van der Waals surface area contributed by atoms with Crippen molar-refractivity contribution in [3.8, 4) is 5.75 Å². The van der Waals surface area contributed by atoms with E-state index in [2.05, 4.69) is 5.32 Å². The van der Waals surface area contributed by atoms with E-state index >= 15 is 0 Å². The van der Waals surface area contributed by atoms with Crippen LogP contribution in [0.25, 0.3) is 0 Å². The van der Waals surface area contributed by atoms with Crippen molar-refractivity contribution in [2.24, 2.45) is 0 Å². The fourth-order valence-electron chi connectivity index (χ4n) is 1.84. The first-order chi connectivity index (χ1) is 9.56. The highest BCUT2D eigenvalue weighted by Crippen LogP contribution is 2.18. The van der Waals surface area contributed by atoms with Crippen LogP contribution in [0.15, 0.2) is 48.5 Å². The fourth-order valence-corrected chi connectivity index (χ4v) is 1.96. The third-order valence-electron chi connectivity index (χ3n) is 2.90. The summed E-state index contributed by atoms with van der Waals surface area (Å²) in [5.41, 5.74) is 1.53. The average molecular weight is 292 g/mol. The molecule has 1 unspecified atom stereocenters. The van der Waals surface area contributed by atoms with Gasteiger partial charge in [-0.1, -0.05) is 35.9 Å². The average Bonchev–Trinajstić information content (AvgIpc) is 2.43. The Kier molecular flexibility index (Phi) is 4.61. The molecule has 0 heterocycles. The molecule has 0 spiro atoms. The summed E-state index contributed by atoms with van der Waals surface area (Å²) in [5, 5.41) is 22.1. The minimum absolute atomic E-state index is 0.107. The van der Waals surface area contributed by atoms with Gasteiger partial charge in [-0.25, -0.2) is 0 Å². The van der Waals surface area contributed by atoms with Gasteiger partial charge in [0.1, 0.15) is 11.8 Å². The number of hydrogen-bond acceptors (Lipinski definition) is 3. The number of halogens is 1. The van der Waals surface area contributed by atoms with E-state index in [-0.39, 0.29) is 5.75 Å². The van der Waals surface area contributed by atoms with Crippen LogP contribution in [0, 0.1) is 0 Å². The maximum Gasteiger partial charge on any atom is 0.325 e. The van der Waals surface area contributed by atoms with Gasteiger partial charge in [-0.05, 0) is 35.4 Å². The van der Waals surface area contributed by atoms with Crippen LogP contribution in [0.5, 0.6) is 5.75 Å². The highest BCUT2D eigenvalue weighted by molar-refractivity contribution is 6.30. The van der Waals surface area contributed by atoms with Gasteiger partial charge in [-0.2, -0.15) is 0 Å². The van der Waals surface area contributed by atoms with Crippen molar-refractivity contribution in [3.05, 3.63) is 64.7 Å². The van der Waals surface area contributed by atoms with E-state index in [0.717, 1.165) is 5.56 Å². The van der Waals surface area contributed by atoms with Gasteiger partial charge < -0.3 is 10.2 Å². The summed E-state index contributed by atoms with van der Waals surface area (Å²) in [6, 6.07) is 12.5. The fraction of sp³-hybridized carbons (Fsp3) is 0.133. The molecule has 2 rings (SSSR count). The van der Waals surface area contributed by atoms with Gasteiger partial charge in [-0.3, -0.25) is 10.1 Å². The summed E-state index contributed by atoms with van der Waals surface area (Å²) in [5.74, 6) is -0.861. The highest BCUT2D eigenvalue weighted by Gasteiger charge is 2.18. The number of carboxylic acid groups (broad SMARTS) is 1. The van der Waals surface area contributed by atoms with Gasteiger partial charge in [0.05, 0.1) is 0 Å². The molecule has 0 aliphatic heterocycles. The number of nitrogens with one attached hydrogen (secondary N) is 1. The van der Waals surface area contributed by atoms with Gasteiger partial charge in [0.2, 0.25) is 0 Å². The van der Waals surface area contributed by atoms with Gasteiger partial charge in [0.25, 0.3) is 0 Å². The lowest BCUT2D eigenvalue weighted by molar-refractivity contribution is -0.139. The second kappa shape index (κ2) is 6.41. The van der Waals surface area contributed by atoms with Crippen LogP contribution in [-0.2, 0) is 11.3 Å². The zero-order valence-electron chi connectivity index (χ0n) is 10.6. The summed E-state index contributed by atoms with van der Waals surface area (Å²) >= 11 is 5.80. The molecule has 0 aliphatic rings. The first kappa shape index (κ1) is 14.4. The minimum atomic E-state index is -0.968. The van der Waals surface area contributed by atoms with Gasteiger partial charge >= 0.3 is 5.97 Å². The lowest BCUT2D eigenvalue weighted by Gasteiger charge is -2.15. The molecule has 5 heteroatoms. The number of aromatic hydroxyl groups is 1. The van der Waals surface area contributed by atoms with Crippen molar-refractivity contribution in [2.45, 2.75) is 12.6 Å². The van der Waals surface area contributed by atoms with E-state index in [1.165, 1.54) is 12.1 Å². The predicted molar refractivity (Wildman–Crippen MR) is 76.8 cm³/mol. The molecule has 0 fully saturated rings. The number of rotatable bonds is 5. The van der Waals surface area contributed by atoms with E-state index in [0.29, 0.717) is 17.1 Å². The number of carbonyl (C=O) groups is 1. The Hall–Kier alpha value is -2.04. The Morgan fingerprint density at radius 3 is 2.25 bits per heavy atom. The first-order valence-electron chi connectivity index (χ1n) is 6.06. The van der Waals surface area contributed by atoms with Crippen molar-refractivity contribution in [2.75, 3.05) is 0 Å². The molecule has 20 heavy (non-hydrogen) atoms. The molecule has 0 bridgehead atoms. The first-order valence-corrected chi connectivity index (χ1v) is 6.43. The van der Waals surface area contributed by atoms with Crippen LogP contribution < -0.4 is 5.32 Å². The molecule has 0 saturated heterocycles. The van der Waals surface area contributed by atoms with Gasteiger partial charge in [0.15, 0.2) is 0 Å². The molecule has 0 aromatic heterocycles. The van der Waals surface area contributed by atoms with E-state index in [4.69, 9.17) is 11.6 Å². The van der Waals surface area contributed by atoms with E-state index in [1.54, 1.807) is 24.3 Å². The number of phenols is 1. The number of carboxylic acids is 1. The van der Waals surface area contributed by atoms with Crippen molar-refractivity contribution < 1.29 is 15.0 Å². The van der Waals surface area contributed by atoms with E-state index in [9.17, 15) is 15.0 Å². The summed E-state index contributed by atoms with van der Waals surface area (Å²) < 4.78 is 0. The van der Waals surface area contributed by atoms with Crippen LogP contribution in [0.4, 0.5) is 0 Å². The normalized spacial score (nSPS) is 12.1. The second-order valence-electron chi connectivity index (χ2n) is 4.37. The molecule has 2 aromatic rings. The van der Waals surface area contributed by atoms with Crippen LogP contribution in [-0.4, -0.2) is 16.2 Å². The second-order valence-corrected chi connectivity index (χ2v) is 4.81. The molecule has 104 valence electrons. The third-order valence-corrected chi connectivity index (χ3v) is 3.15. The molecule has 4 nitrogen and oxygen atoms in total. The predicted octanol–water partition coefficient (Wildman–Crippen LogP) is 2.96. The molecule has 3 N–H and O–H groups in total. The summed E-state index contributed by atoms with van der Waals surface area (Å²) in [4.78, 5) is 11.3. The van der Waals surface area contributed by atoms with Crippen LogP contribution in [0.3, 0.4) is 0 Å². The van der Waals surface area contributed by atoms with Crippen molar-refractivity contribution >= 4 is 17.6 Å². The SMILES string of the molecule is O=C(O)C(NCc1ccc(Cl)cc1)c1ccc(O)cc1. The Morgan fingerprint density at radius 2 is 1.70 bits per heavy atom.